The minimum atomic E-state index is -0.493. The third-order valence-corrected chi connectivity index (χ3v) is 3.43. The molecule has 0 aromatic heterocycles. The summed E-state index contributed by atoms with van der Waals surface area (Å²) in [6.07, 6.45) is 5.58. The number of hydrogen-bond acceptors (Lipinski definition) is 5. The first kappa shape index (κ1) is 14.5. The maximum absolute atomic E-state index is 11.0. The van der Waals surface area contributed by atoms with Gasteiger partial charge in [0.1, 0.15) is 12.0 Å². The maximum Gasteiger partial charge on any atom is 0.293 e. The molecule has 1 saturated carbocycles. The van der Waals surface area contributed by atoms with Gasteiger partial charge in [0, 0.05) is 18.2 Å². The van der Waals surface area contributed by atoms with Crippen LogP contribution in [0.2, 0.25) is 0 Å². The lowest BCUT2D eigenvalue weighted by molar-refractivity contribution is -0.384. The lowest BCUT2D eigenvalue weighted by Gasteiger charge is -2.12. The first-order valence-corrected chi connectivity index (χ1v) is 6.80. The molecule has 1 N–H and O–H groups in total. The van der Waals surface area contributed by atoms with E-state index in [0.717, 1.165) is 12.8 Å². The Hall–Kier alpha value is -1.95. The van der Waals surface area contributed by atoms with Crippen molar-refractivity contribution in [1.82, 2.24) is 0 Å². The van der Waals surface area contributed by atoms with E-state index in [1.807, 2.05) is 0 Å². The van der Waals surface area contributed by atoms with Crippen molar-refractivity contribution in [2.24, 2.45) is 0 Å². The van der Waals surface area contributed by atoms with Crippen LogP contribution in [0, 0.1) is 10.1 Å². The fourth-order valence-electron chi connectivity index (χ4n) is 2.39. The molecular formula is C14H18N2O4. The van der Waals surface area contributed by atoms with Crippen LogP contribution in [0.3, 0.4) is 0 Å². The van der Waals surface area contributed by atoms with Gasteiger partial charge >= 0.3 is 0 Å². The van der Waals surface area contributed by atoms with Gasteiger partial charge in [-0.3, -0.25) is 14.9 Å². The Bertz CT molecular complexity index is 484. The second kappa shape index (κ2) is 7.00. The molecular weight excluding hydrogens is 260 g/mol. The summed E-state index contributed by atoms with van der Waals surface area (Å²) in [5.41, 5.74) is 0.621. The fraction of sp³-hybridized carbons (Fsp3) is 0.500. The van der Waals surface area contributed by atoms with Crippen LogP contribution in [0.15, 0.2) is 18.2 Å². The van der Waals surface area contributed by atoms with Crippen molar-refractivity contribution in [2.45, 2.75) is 31.8 Å². The zero-order valence-electron chi connectivity index (χ0n) is 11.2. The Morgan fingerprint density at radius 1 is 1.40 bits per heavy atom. The Morgan fingerprint density at radius 3 is 2.80 bits per heavy atom. The van der Waals surface area contributed by atoms with Crippen molar-refractivity contribution in [2.75, 3.05) is 18.5 Å². The molecule has 0 heterocycles. The highest BCUT2D eigenvalue weighted by atomic mass is 16.6. The number of anilines is 1. The Balaban J connectivity index is 1.87. The van der Waals surface area contributed by atoms with Crippen LogP contribution in [0.1, 0.15) is 36.0 Å². The van der Waals surface area contributed by atoms with E-state index in [1.165, 1.54) is 18.9 Å². The molecule has 0 radical (unpaired) electrons. The molecule has 20 heavy (non-hydrogen) atoms. The van der Waals surface area contributed by atoms with E-state index in [9.17, 15) is 14.9 Å². The number of nitro groups is 1. The summed E-state index contributed by atoms with van der Waals surface area (Å²) in [6, 6.07) is 4.38. The van der Waals surface area contributed by atoms with Crippen LogP contribution < -0.4 is 5.32 Å². The molecule has 0 saturated heterocycles. The first-order valence-electron chi connectivity index (χ1n) is 6.80. The predicted molar refractivity (Wildman–Crippen MR) is 75.2 cm³/mol. The summed E-state index contributed by atoms with van der Waals surface area (Å²) in [6.45, 7) is 1.04. The monoisotopic (exact) mass is 278 g/mol. The van der Waals surface area contributed by atoms with Gasteiger partial charge in [0.15, 0.2) is 0 Å². The number of nitrogens with zero attached hydrogens (tertiary/aromatic N) is 1. The Morgan fingerprint density at radius 2 is 2.15 bits per heavy atom. The Kier molecular flexibility index (Phi) is 5.06. The minimum Gasteiger partial charge on any atom is -0.377 e. The molecule has 0 spiro atoms. The van der Waals surface area contributed by atoms with Gasteiger partial charge in [0.05, 0.1) is 17.6 Å². The van der Waals surface area contributed by atoms with Crippen LogP contribution in [-0.2, 0) is 4.74 Å². The van der Waals surface area contributed by atoms with Crippen molar-refractivity contribution in [3.8, 4) is 0 Å². The average molecular weight is 278 g/mol. The summed E-state index contributed by atoms with van der Waals surface area (Å²) < 4.78 is 5.68. The van der Waals surface area contributed by atoms with Gasteiger partial charge in [-0.2, -0.15) is 0 Å². The number of hydrogen-bond donors (Lipinski definition) is 1. The SMILES string of the molecule is O=Cc1ccc(NCCOC2CCCC2)c([N+](=O)[O-])c1. The summed E-state index contributed by atoms with van der Waals surface area (Å²) >= 11 is 0. The van der Waals surface area contributed by atoms with E-state index in [0.29, 0.717) is 36.8 Å². The van der Waals surface area contributed by atoms with E-state index in [-0.39, 0.29) is 5.69 Å². The van der Waals surface area contributed by atoms with Crippen LogP contribution in [0.5, 0.6) is 0 Å². The van der Waals surface area contributed by atoms with Crippen molar-refractivity contribution in [3.05, 3.63) is 33.9 Å². The zero-order chi connectivity index (χ0) is 14.4. The van der Waals surface area contributed by atoms with Crippen molar-refractivity contribution in [3.63, 3.8) is 0 Å². The molecule has 1 aromatic carbocycles. The van der Waals surface area contributed by atoms with Gasteiger partial charge in [-0.1, -0.05) is 12.8 Å². The normalized spacial score (nSPS) is 15.2. The molecule has 0 atom stereocenters. The molecule has 1 fully saturated rings. The van der Waals surface area contributed by atoms with Crippen LogP contribution >= 0.6 is 0 Å². The molecule has 1 aliphatic carbocycles. The van der Waals surface area contributed by atoms with Gasteiger partial charge in [-0.15, -0.1) is 0 Å². The van der Waals surface area contributed by atoms with Gasteiger partial charge in [0.25, 0.3) is 5.69 Å². The molecule has 6 nitrogen and oxygen atoms in total. The molecule has 6 heteroatoms. The highest BCUT2D eigenvalue weighted by Gasteiger charge is 2.16. The Labute approximate surface area is 117 Å². The number of carbonyl (C=O) groups is 1. The van der Waals surface area contributed by atoms with Gasteiger partial charge < -0.3 is 10.1 Å². The number of nitrogens with one attached hydrogen (secondary N) is 1. The number of rotatable bonds is 7. The molecule has 108 valence electrons. The maximum atomic E-state index is 11.0. The van der Waals surface area contributed by atoms with Crippen molar-refractivity contribution < 1.29 is 14.5 Å². The van der Waals surface area contributed by atoms with Crippen LogP contribution in [-0.4, -0.2) is 30.5 Å². The number of carbonyl (C=O) groups excluding carboxylic acids is 1. The average Bonchev–Trinajstić information content (AvgIpc) is 2.96. The molecule has 2 rings (SSSR count). The quantitative estimate of drug-likeness (QED) is 0.359. The second-order valence-corrected chi connectivity index (χ2v) is 4.86. The summed E-state index contributed by atoms with van der Waals surface area (Å²) in [5.74, 6) is 0. The minimum absolute atomic E-state index is 0.0875. The molecule has 0 unspecified atom stereocenters. The van der Waals surface area contributed by atoms with Crippen molar-refractivity contribution >= 4 is 17.7 Å². The highest BCUT2D eigenvalue weighted by molar-refractivity contribution is 5.79. The van der Waals surface area contributed by atoms with Crippen molar-refractivity contribution in [1.29, 1.82) is 0 Å². The van der Waals surface area contributed by atoms with Gasteiger partial charge in [-0.05, 0) is 25.0 Å². The molecule has 1 aromatic rings. The summed E-state index contributed by atoms with van der Waals surface area (Å²) in [4.78, 5) is 21.1. The standard InChI is InChI=1S/C14H18N2O4/c17-10-11-5-6-13(14(9-11)16(18)19)15-7-8-20-12-3-1-2-4-12/h5-6,9-10,12,15H,1-4,7-8H2. The molecule has 0 bridgehead atoms. The van der Waals surface area contributed by atoms with E-state index >= 15 is 0 Å². The van der Waals surface area contributed by atoms with E-state index in [1.54, 1.807) is 12.1 Å². The number of aldehydes is 1. The lowest BCUT2D eigenvalue weighted by Crippen LogP contribution is -2.15. The summed E-state index contributed by atoms with van der Waals surface area (Å²) in [5, 5.41) is 13.9. The van der Waals surface area contributed by atoms with E-state index in [4.69, 9.17) is 4.74 Å². The first-order chi connectivity index (χ1) is 9.70. The predicted octanol–water partition coefficient (Wildman–Crippen LogP) is 2.78. The molecule has 0 aliphatic heterocycles. The van der Waals surface area contributed by atoms with Gasteiger partial charge in [-0.25, -0.2) is 0 Å². The zero-order valence-corrected chi connectivity index (χ0v) is 11.2. The van der Waals surface area contributed by atoms with E-state index < -0.39 is 4.92 Å². The molecule has 1 aliphatic rings. The number of ether oxygens (including phenoxy) is 1. The van der Waals surface area contributed by atoms with Crippen LogP contribution in [0.4, 0.5) is 11.4 Å². The lowest BCUT2D eigenvalue weighted by atomic mass is 10.2. The topological polar surface area (TPSA) is 81.5 Å². The van der Waals surface area contributed by atoms with Gasteiger partial charge in [0.2, 0.25) is 0 Å². The van der Waals surface area contributed by atoms with E-state index in [2.05, 4.69) is 5.32 Å². The highest BCUT2D eigenvalue weighted by Crippen LogP contribution is 2.25. The second-order valence-electron chi connectivity index (χ2n) is 4.86. The number of benzene rings is 1. The largest absolute Gasteiger partial charge is 0.377 e. The molecule has 0 amide bonds. The van der Waals surface area contributed by atoms with Crippen LogP contribution in [0.25, 0.3) is 0 Å². The number of nitro benzene ring substituents is 1. The smallest absolute Gasteiger partial charge is 0.293 e. The third-order valence-electron chi connectivity index (χ3n) is 3.43. The third kappa shape index (κ3) is 3.77. The fourth-order valence-corrected chi connectivity index (χ4v) is 2.39. The summed E-state index contributed by atoms with van der Waals surface area (Å²) in [7, 11) is 0.